The van der Waals surface area contributed by atoms with Crippen LogP contribution in [0.25, 0.3) is 10.9 Å². The number of methoxy groups -OCH3 is 1. The van der Waals surface area contributed by atoms with E-state index in [-0.39, 0.29) is 30.5 Å². The van der Waals surface area contributed by atoms with Crippen molar-refractivity contribution in [3.63, 3.8) is 0 Å². The molecule has 3 aromatic rings. The van der Waals surface area contributed by atoms with Crippen molar-refractivity contribution in [2.24, 2.45) is 5.92 Å². The molecule has 164 valence electrons. The van der Waals surface area contributed by atoms with Crippen LogP contribution in [0.15, 0.2) is 42.5 Å². The third-order valence-corrected chi connectivity index (χ3v) is 6.33. The molecule has 2 aliphatic heterocycles. The van der Waals surface area contributed by atoms with Crippen molar-refractivity contribution in [2.75, 3.05) is 25.1 Å². The second-order valence-electron chi connectivity index (χ2n) is 8.20. The Morgan fingerprint density at radius 1 is 1.19 bits per heavy atom. The predicted octanol–water partition coefficient (Wildman–Crippen LogP) is 3.03. The van der Waals surface area contributed by atoms with Crippen LogP contribution in [0, 0.1) is 11.7 Å². The maximum absolute atomic E-state index is 14.2. The highest BCUT2D eigenvalue weighted by Crippen LogP contribution is 2.32. The van der Waals surface area contributed by atoms with Crippen molar-refractivity contribution in [3.05, 3.63) is 65.1 Å². The van der Waals surface area contributed by atoms with Gasteiger partial charge in [0.15, 0.2) is 0 Å². The van der Waals surface area contributed by atoms with E-state index in [4.69, 9.17) is 4.74 Å². The Bertz CT molecular complexity index is 1250. The van der Waals surface area contributed by atoms with Crippen LogP contribution in [0.3, 0.4) is 0 Å². The van der Waals surface area contributed by atoms with Gasteiger partial charge in [0.25, 0.3) is 0 Å². The smallest absolute Gasteiger partial charge is 0.337 e. The fourth-order valence-electron chi connectivity index (χ4n) is 4.68. The van der Waals surface area contributed by atoms with E-state index in [0.29, 0.717) is 25.1 Å². The quantitative estimate of drug-likeness (QED) is 0.641. The van der Waals surface area contributed by atoms with Crippen molar-refractivity contribution in [3.8, 4) is 0 Å². The van der Waals surface area contributed by atoms with Crippen LogP contribution in [0.2, 0.25) is 0 Å². The Balaban J connectivity index is 1.37. The first-order chi connectivity index (χ1) is 15.5. The van der Waals surface area contributed by atoms with Crippen molar-refractivity contribution in [1.29, 1.82) is 0 Å². The van der Waals surface area contributed by atoms with Gasteiger partial charge in [0.05, 0.1) is 24.3 Å². The normalized spacial score (nSPS) is 18.2. The Morgan fingerprint density at radius 2 is 2.00 bits per heavy atom. The molecule has 0 radical (unpaired) electrons. The molecule has 7 nitrogen and oxygen atoms in total. The van der Waals surface area contributed by atoms with E-state index in [9.17, 15) is 18.8 Å². The summed E-state index contributed by atoms with van der Waals surface area (Å²) in [4.78, 5) is 44.2. The first kappa shape index (κ1) is 20.2. The number of rotatable bonds is 3. The second kappa shape index (κ2) is 7.78. The molecule has 0 spiro atoms. The fourth-order valence-corrected chi connectivity index (χ4v) is 4.68. The average Bonchev–Trinajstić information content (AvgIpc) is 3.37. The standard InChI is InChI=1S/C24H22FN3O4/c1-32-24(31)14-6-7-19-16(10-14)17-13-27(9-8-20(17)26-19)23(30)15-11-22(29)28(12-15)21-5-3-2-4-18(21)25/h2-7,10,15,26H,8-9,11-13H2,1H3/t15-/m1/s1. The number of aromatic amines is 1. The number of esters is 1. The Morgan fingerprint density at radius 3 is 2.78 bits per heavy atom. The predicted molar refractivity (Wildman–Crippen MR) is 116 cm³/mol. The number of anilines is 1. The van der Waals surface area contributed by atoms with Gasteiger partial charge in [0.2, 0.25) is 11.8 Å². The zero-order valence-electron chi connectivity index (χ0n) is 17.6. The van der Waals surface area contributed by atoms with Gasteiger partial charge in [-0.25, -0.2) is 9.18 Å². The monoisotopic (exact) mass is 435 g/mol. The minimum Gasteiger partial charge on any atom is -0.465 e. The summed E-state index contributed by atoms with van der Waals surface area (Å²) in [5, 5.41) is 0.885. The zero-order chi connectivity index (χ0) is 22.4. The molecule has 0 saturated carbocycles. The molecule has 1 aromatic heterocycles. The lowest BCUT2D eigenvalue weighted by atomic mass is 10.0. The van der Waals surface area contributed by atoms with E-state index >= 15 is 0 Å². The first-order valence-electron chi connectivity index (χ1n) is 10.5. The van der Waals surface area contributed by atoms with E-state index < -0.39 is 17.7 Å². The lowest BCUT2D eigenvalue weighted by Gasteiger charge is -2.29. The van der Waals surface area contributed by atoms with Crippen molar-refractivity contribution in [2.45, 2.75) is 19.4 Å². The highest BCUT2D eigenvalue weighted by atomic mass is 19.1. The maximum Gasteiger partial charge on any atom is 0.337 e. The molecule has 2 aromatic carbocycles. The number of H-pyrrole nitrogens is 1. The van der Waals surface area contributed by atoms with Gasteiger partial charge in [-0.05, 0) is 30.3 Å². The van der Waals surface area contributed by atoms with E-state index in [1.165, 1.54) is 18.1 Å². The van der Waals surface area contributed by atoms with E-state index in [2.05, 4.69) is 4.98 Å². The van der Waals surface area contributed by atoms with E-state index in [1.807, 2.05) is 6.07 Å². The van der Waals surface area contributed by atoms with Crippen LogP contribution in [0.5, 0.6) is 0 Å². The van der Waals surface area contributed by atoms with E-state index in [0.717, 1.165) is 22.2 Å². The minimum atomic E-state index is -0.514. The van der Waals surface area contributed by atoms with Crippen LogP contribution in [0.4, 0.5) is 10.1 Å². The number of carbonyl (C=O) groups excluding carboxylic acids is 3. The number of carbonyl (C=O) groups is 3. The number of amides is 2. The molecule has 1 saturated heterocycles. The number of aromatic nitrogens is 1. The molecule has 0 aliphatic carbocycles. The topological polar surface area (TPSA) is 82.7 Å². The van der Waals surface area contributed by atoms with Crippen LogP contribution in [0.1, 0.15) is 28.0 Å². The largest absolute Gasteiger partial charge is 0.465 e. The molecule has 8 heteroatoms. The Labute approximate surface area is 183 Å². The third-order valence-electron chi connectivity index (χ3n) is 6.33. The molecule has 5 rings (SSSR count). The molecule has 1 N–H and O–H groups in total. The number of nitrogens with zero attached hydrogens (tertiary/aromatic N) is 2. The van der Waals surface area contributed by atoms with Crippen LogP contribution >= 0.6 is 0 Å². The fraction of sp³-hybridized carbons (Fsp3) is 0.292. The Kier molecular flexibility index (Phi) is 4.92. The molecule has 3 heterocycles. The summed E-state index contributed by atoms with van der Waals surface area (Å²) in [6, 6.07) is 11.4. The minimum absolute atomic E-state index is 0.0664. The summed E-state index contributed by atoms with van der Waals surface area (Å²) in [6.07, 6.45) is 0.720. The van der Waals surface area contributed by atoms with Gasteiger partial charge < -0.3 is 19.5 Å². The molecule has 32 heavy (non-hydrogen) atoms. The highest BCUT2D eigenvalue weighted by molar-refractivity contribution is 6.01. The number of nitrogens with one attached hydrogen (secondary N) is 1. The molecular weight excluding hydrogens is 413 g/mol. The third kappa shape index (κ3) is 3.32. The van der Waals surface area contributed by atoms with Crippen LogP contribution in [-0.2, 0) is 27.3 Å². The number of fused-ring (bicyclic) bond motifs is 3. The summed E-state index contributed by atoms with van der Waals surface area (Å²) in [7, 11) is 1.34. The molecule has 1 fully saturated rings. The molecule has 1 atom stereocenters. The summed E-state index contributed by atoms with van der Waals surface area (Å²) in [5.41, 5.74) is 3.58. The molecule has 2 aliphatic rings. The number of benzene rings is 2. The number of hydrogen-bond acceptors (Lipinski definition) is 4. The maximum atomic E-state index is 14.2. The number of para-hydroxylation sites is 1. The lowest BCUT2D eigenvalue weighted by Crippen LogP contribution is -2.40. The summed E-state index contributed by atoms with van der Waals surface area (Å²) >= 11 is 0. The van der Waals surface area contributed by atoms with Crippen molar-refractivity contribution < 1.29 is 23.5 Å². The van der Waals surface area contributed by atoms with Gasteiger partial charge in [-0.15, -0.1) is 0 Å². The first-order valence-corrected chi connectivity index (χ1v) is 10.5. The SMILES string of the molecule is COC(=O)c1ccc2[nH]c3c(c2c1)CN(C(=O)[C@@H]1CC(=O)N(c2ccccc2F)C1)CC3. The van der Waals surface area contributed by atoms with Crippen LogP contribution < -0.4 is 4.90 Å². The number of ether oxygens (including phenoxy) is 1. The lowest BCUT2D eigenvalue weighted by molar-refractivity contribution is -0.136. The van der Waals surface area contributed by atoms with Gasteiger partial charge in [0.1, 0.15) is 5.82 Å². The number of hydrogen-bond donors (Lipinski definition) is 1. The van der Waals surface area contributed by atoms with Crippen molar-refractivity contribution in [1.82, 2.24) is 9.88 Å². The molecule has 2 amide bonds. The van der Waals surface area contributed by atoms with E-state index in [1.54, 1.807) is 35.2 Å². The van der Waals surface area contributed by atoms with Gasteiger partial charge in [-0.2, -0.15) is 0 Å². The zero-order valence-corrected chi connectivity index (χ0v) is 17.6. The van der Waals surface area contributed by atoms with Crippen molar-refractivity contribution >= 4 is 34.4 Å². The summed E-state index contributed by atoms with van der Waals surface area (Å²) in [5.74, 6) is -1.76. The Hall–Kier alpha value is -3.68. The molecular formula is C24H22FN3O4. The highest BCUT2D eigenvalue weighted by Gasteiger charge is 2.39. The molecule has 0 unspecified atom stereocenters. The van der Waals surface area contributed by atoms with Gasteiger partial charge in [-0.3, -0.25) is 9.59 Å². The van der Waals surface area contributed by atoms with Gasteiger partial charge in [-0.1, -0.05) is 12.1 Å². The van der Waals surface area contributed by atoms with Gasteiger partial charge in [0, 0.05) is 54.6 Å². The van der Waals surface area contributed by atoms with Crippen LogP contribution in [-0.4, -0.2) is 47.9 Å². The molecule has 0 bridgehead atoms. The number of halogens is 1. The summed E-state index contributed by atoms with van der Waals surface area (Å²) < 4.78 is 19.0. The summed E-state index contributed by atoms with van der Waals surface area (Å²) in [6.45, 7) is 1.10. The average molecular weight is 435 g/mol. The second-order valence-corrected chi connectivity index (χ2v) is 8.20. The van der Waals surface area contributed by atoms with Gasteiger partial charge >= 0.3 is 5.97 Å².